The van der Waals surface area contributed by atoms with Gasteiger partial charge in [-0.1, -0.05) is 24.3 Å². The number of nitrogens with one attached hydrogen (secondary N) is 1. The van der Waals surface area contributed by atoms with Crippen LogP contribution in [0.1, 0.15) is 16.9 Å². The van der Waals surface area contributed by atoms with E-state index < -0.39 is 5.91 Å². The van der Waals surface area contributed by atoms with E-state index in [9.17, 15) is 14.4 Å². The number of ether oxygens (including phenoxy) is 1. The van der Waals surface area contributed by atoms with Crippen molar-refractivity contribution in [2.75, 3.05) is 0 Å². The lowest BCUT2D eigenvalue weighted by atomic mass is 10.1. The van der Waals surface area contributed by atoms with E-state index in [4.69, 9.17) is 9.15 Å². The molecule has 0 fully saturated rings. The number of halogens is 1. The number of nitriles is 1. The van der Waals surface area contributed by atoms with Gasteiger partial charge in [-0.3, -0.25) is 4.79 Å². The molecule has 1 aromatic heterocycles. The third-order valence-corrected chi connectivity index (χ3v) is 3.88. The van der Waals surface area contributed by atoms with Gasteiger partial charge in [0.15, 0.2) is 0 Å². The molecule has 0 aliphatic heterocycles. The lowest BCUT2D eigenvalue weighted by molar-refractivity contribution is -0.117. The van der Waals surface area contributed by atoms with Crippen molar-refractivity contribution in [2.45, 2.75) is 13.2 Å². The summed E-state index contributed by atoms with van der Waals surface area (Å²) in [6, 6.07) is 18.4. The Morgan fingerprint density at radius 2 is 1.89 bits per heavy atom. The molecule has 28 heavy (non-hydrogen) atoms. The van der Waals surface area contributed by atoms with E-state index in [1.165, 1.54) is 24.5 Å². The molecular weight excluding hydrogens is 359 g/mol. The van der Waals surface area contributed by atoms with Gasteiger partial charge in [-0.25, -0.2) is 4.39 Å². The number of hydrogen-bond acceptors (Lipinski definition) is 4. The van der Waals surface area contributed by atoms with Crippen LogP contribution in [0.3, 0.4) is 0 Å². The summed E-state index contributed by atoms with van der Waals surface area (Å²) >= 11 is 0. The zero-order valence-electron chi connectivity index (χ0n) is 14.9. The Morgan fingerprint density at radius 3 is 2.54 bits per heavy atom. The summed E-state index contributed by atoms with van der Waals surface area (Å²) in [7, 11) is 0. The summed E-state index contributed by atoms with van der Waals surface area (Å²) in [6.07, 6.45) is 3.02. The average Bonchev–Trinajstić information content (AvgIpc) is 3.24. The van der Waals surface area contributed by atoms with Crippen molar-refractivity contribution >= 4 is 12.0 Å². The molecule has 0 aliphatic carbocycles. The molecule has 3 rings (SSSR count). The lowest BCUT2D eigenvalue weighted by Crippen LogP contribution is -2.23. The summed E-state index contributed by atoms with van der Waals surface area (Å²) in [6.45, 7) is 0.523. The second kappa shape index (κ2) is 9.19. The van der Waals surface area contributed by atoms with Crippen LogP contribution in [0, 0.1) is 17.1 Å². The van der Waals surface area contributed by atoms with Gasteiger partial charge in [0.05, 0.1) is 12.8 Å². The van der Waals surface area contributed by atoms with Gasteiger partial charge in [0, 0.05) is 0 Å². The molecule has 0 spiro atoms. The third-order valence-electron chi connectivity index (χ3n) is 3.88. The highest BCUT2D eigenvalue weighted by atomic mass is 19.1. The Morgan fingerprint density at radius 1 is 1.14 bits per heavy atom. The van der Waals surface area contributed by atoms with Crippen LogP contribution < -0.4 is 10.1 Å². The molecule has 0 atom stereocenters. The molecule has 1 amide bonds. The molecule has 0 radical (unpaired) electrons. The molecule has 1 N–H and O–H groups in total. The maximum atomic E-state index is 12.9. The molecule has 0 unspecified atom stereocenters. The van der Waals surface area contributed by atoms with Crippen LogP contribution >= 0.6 is 0 Å². The van der Waals surface area contributed by atoms with Crippen LogP contribution in [0.2, 0.25) is 0 Å². The first-order valence-corrected chi connectivity index (χ1v) is 8.54. The van der Waals surface area contributed by atoms with Crippen molar-refractivity contribution in [3.8, 4) is 11.8 Å². The van der Waals surface area contributed by atoms with E-state index in [-0.39, 0.29) is 17.9 Å². The van der Waals surface area contributed by atoms with Crippen molar-refractivity contribution in [1.82, 2.24) is 5.32 Å². The fourth-order valence-corrected chi connectivity index (χ4v) is 2.40. The number of nitrogens with zero attached hydrogens (tertiary/aromatic N) is 1. The van der Waals surface area contributed by atoms with Crippen LogP contribution in [0.5, 0.6) is 5.75 Å². The van der Waals surface area contributed by atoms with E-state index in [1.54, 1.807) is 48.5 Å². The Bertz CT molecular complexity index is 986. The van der Waals surface area contributed by atoms with E-state index >= 15 is 0 Å². The summed E-state index contributed by atoms with van der Waals surface area (Å²) in [5.41, 5.74) is 1.54. The average molecular weight is 376 g/mol. The summed E-state index contributed by atoms with van der Waals surface area (Å²) in [4.78, 5) is 12.1. The second-order valence-corrected chi connectivity index (χ2v) is 5.92. The molecule has 1 heterocycles. The standard InChI is InChI=1S/C22H17FN2O3/c23-19-7-3-17(4-8-19)15-28-20-9-5-16(6-10-20)12-18(13-24)22(26)25-14-21-2-1-11-27-21/h1-12H,14-15H2,(H,25,26)/b18-12+. The Balaban J connectivity index is 1.58. The highest BCUT2D eigenvalue weighted by Crippen LogP contribution is 2.16. The normalized spacial score (nSPS) is 10.9. The van der Waals surface area contributed by atoms with Crippen molar-refractivity contribution in [3.63, 3.8) is 0 Å². The maximum absolute atomic E-state index is 12.9. The second-order valence-electron chi connectivity index (χ2n) is 5.92. The van der Waals surface area contributed by atoms with E-state index in [2.05, 4.69) is 5.32 Å². The largest absolute Gasteiger partial charge is 0.489 e. The van der Waals surface area contributed by atoms with Gasteiger partial charge < -0.3 is 14.5 Å². The van der Waals surface area contributed by atoms with Crippen LogP contribution in [0.15, 0.2) is 76.9 Å². The van der Waals surface area contributed by atoms with Crippen molar-refractivity contribution < 1.29 is 18.3 Å². The van der Waals surface area contributed by atoms with Crippen LogP contribution in [0.4, 0.5) is 4.39 Å². The van der Waals surface area contributed by atoms with Gasteiger partial charge in [0.1, 0.15) is 35.6 Å². The maximum Gasteiger partial charge on any atom is 0.262 e. The quantitative estimate of drug-likeness (QED) is 0.495. The van der Waals surface area contributed by atoms with Crippen LogP contribution in [0.25, 0.3) is 6.08 Å². The predicted molar refractivity (Wildman–Crippen MR) is 101 cm³/mol. The lowest BCUT2D eigenvalue weighted by Gasteiger charge is -2.07. The van der Waals surface area contributed by atoms with Gasteiger partial charge in [-0.15, -0.1) is 0 Å². The molecular formula is C22H17FN2O3. The molecule has 0 saturated carbocycles. The molecule has 3 aromatic rings. The number of carbonyl (C=O) groups is 1. The van der Waals surface area contributed by atoms with Crippen molar-refractivity contribution in [2.24, 2.45) is 0 Å². The number of rotatable bonds is 7. The van der Waals surface area contributed by atoms with E-state index in [0.717, 1.165) is 5.56 Å². The SMILES string of the molecule is N#C/C(=C\c1ccc(OCc2ccc(F)cc2)cc1)C(=O)NCc1ccco1. The number of amides is 1. The minimum absolute atomic E-state index is 0.00784. The number of benzene rings is 2. The van der Waals surface area contributed by atoms with Gasteiger partial charge in [-0.05, 0) is 53.6 Å². The molecule has 6 heteroatoms. The molecule has 2 aromatic carbocycles. The Labute approximate surface area is 161 Å². The fourth-order valence-electron chi connectivity index (χ4n) is 2.40. The Hall–Kier alpha value is -3.85. The molecule has 0 aliphatic rings. The Kier molecular flexibility index (Phi) is 6.21. The first-order chi connectivity index (χ1) is 13.6. The van der Waals surface area contributed by atoms with Gasteiger partial charge in [0.25, 0.3) is 5.91 Å². The van der Waals surface area contributed by atoms with Gasteiger partial charge in [0.2, 0.25) is 0 Å². The smallest absolute Gasteiger partial charge is 0.262 e. The molecule has 5 nitrogen and oxygen atoms in total. The monoisotopic (exact) mass is 376 g/mol. The van der Waals surface area contributed by atoms with Crippen molar-refractivity contribution in [3.05, 3.63) is 95.2 Å². The first-order valence-electron chi connectivity index (χ1n) is 8.54. The predicted octanol–water partition coefficient (Wildman–Crippen LogP) is 4.22. The summed E-state index contributed by atoms with van der Waals surface area (Å²) in [5, 5.41) is 11.9. The molecule has 140 valence electrons. The fraction of sp³-hybridized carbons (Fsp3) is 0.0909. The number of carbonyl (C=O) groups excluding carboxylic acids is 1. The molecule has 0 bridgehead atoms. The highest BCUT2D eigenvalue weighted by molar-refractivity contribution is 6.01. The topological polar surface area (TPSA) is 75.3 Å². The zero-order valence-corrected chi connectivity index (χ0v) is 14.9. The minimum atomic E-state index is -0.476. The highest BCUT2D eigenvalue weighted by Gasteiger charge is 2.09. The number of furan rings is 1. The van der Waals surface area contributed by atoms with Crippen LogP contribution in [-0.2, 0) is 17.9 Å². The molecule has 0 saturated heterocycles. The van der Waals surface area contributed by atoms with Crippen LogP contribution in [-0.4, -0.2) is 5.91 Å². The summed E-state index contributed by atoms with van der Waals surface area (Å²) in [5.74, 6) is 0.465. The van der Waals surface area contributed by atoms with Gasteiger partial charge in [-0.2, -0.15) is 5.26 Å². The van der Waals surface area contributed by atoms with Crippen molar-refractivity contribution in [1.29, 1.82) is 5.26 Å². The van der Waals surface area contributed by atoms with E-state index in [0.29, 0.717) is 23.7 Å². The van der Waals surface area contributed by atoms with E-state index in [1.807, 2.05) is 6.07 Å². The first kappa shape index (κ1) is 18.9. The van der Waals surface area contributed by atoms with Gasteiger partial charge >= 0.3 is 0 Å². The minimum Gasteiger partial charge on any atom is -0.489 e. The number of hydrogen-bond donors (Lipinski definition) is 1. The third kappa shape index (κ3) is 5.32. The zero-order chi connectivity index (χ0) is 19.8. The summed E-state index contributed by atoms with van der Waals surface area (Å²) < 4.78 is 23.7.